The number of hydrogen-bond acceptors (Lipinski definition) is 4. The van der Waals surface area contributed by atoms with Gasteiger partial charge in [-0.15, -0.1) is 0 Å². The van der Waals surface area contributed by atoms with Gasteiger partial charge in [0.15, 0.2) is 12.4 Å². The van der Waals surface area contributed by atoms with Crippen LogP contribution in [0.3, 0.4) is 0 Å². The van der Waals surface area contributed by atoms with Crippen molar-refractivity contribution in [3.05, 3.63) is 99.0 Å². The molecule has 0 saturated carbocycles. The molecule has 0 aliphatic rings. The first kappa shape index (κ1) is 20.8. The largest absolute Gasteiger partial charge is 0.454 e. The summed E-state index contributed by atoms with van der Waals surface area (Å²) in [6, 6.07) is 19.5. The standard InChI is InChI=1S/C22H15BrClNO4/c23-16-9-5-14(6-10-16)20(26)13-29-22(28)18-3-1-2-4-19(18)25-21(27)15-7-11-17(24)12-8-15/h1-12H,13H2,(H,25,27). The molecular weight excluding hydrogens is 458 g/mol. The third-order valence-corrected chi connectivity index (χ3v) is 4.78. The SMILES string of the molecule is O=C(COC(=O)c1ccccc1NC(=O)c1ccc(Cl)cc1)c1ccc(Br)cc1. The number of Topliss-reactive ketones (excluding diaryl/α,β-unsaturated/α-hetero) is 1. The predicted molar refractivity (Wildman–Crippen MR) is 115 cm³/mol. The Hall–Kier alpha value is -2.96. The topological polar surface area (TPSA) is 72.5 Å². The van der Waals surface area contributed by atoms with Crippen molar-refractivity contribution in [3.63, 3.8) is 0 Å². The summed E-state index contributed by atoms with van der Waals surface area (Å²) in [6.45, 7) is -0.403. The second-order valence-corrected chi connectivity index (χ2v) is 7.36. The van der Waals surface area contributed by atoms with Gasteiger partial charge in [0, 0.05) is 20.6 Å². The summed E-state index contributed by atoms with van der Waals surface area (Å²) in [6.07, 6.45) is 0. The van der Waals surface area contributed by atoms with Gasteiger partial charge in [-0.1, -0.05) is 51.8 Å². The molecule has 0 spiro atoms. The fraction of sp³-hybridized carbons (Fsp3) is 0.0455. The van der Waals surface area contributed by atoms with E-state index in [2.05, 4.69) is 21.2 Å². The van der Waals surface area contributed by atoms with Gasteiger partial charge in [0.1, 0.15) is 0 Å². The van der Waals surface area contributed by atoms with Crippen LogP contribution < -0.4 is 5.32 Å². The Morgan fingerprint density at radius 2 is 1.48 bits per heavy atom. The monoisotopic (exact) mass is 471 g/mol. The Labute approximate surface area is 180 Å². The molecule has 0 bridgehead atoms. The first-order valence-electron chi connectivity index (χ1n) is 8.56. The lowest BCUT2D eigenvalue weighted by Gasteiger charge is -2.11. The minimum atomic E-state index is -0.706. The molecule has 0 aliphatic heterocycles. The van der Waals surface area contributed by atoms with Crippen LogP contribution in [0.2, 0.25) is 5.02 Å². The van der Waals surface area contributed by atoms with Gasteiger partial charge >= 0.3 is 5.97 Å². The van der Waals surface area contributed by atoms with E-state index < -0.39 is 18.5 Å². The van der Waals surface area contributed by atoms with E-state index in [4.69, 9.17) is 16.3 Å². The van der Waals surface area contributed by atoms with Gasteiger partial charge in [0.25, 0.3) is 5.91 Å². The Kier molecular flexibility index (Phi) is 6.80. The van der Waals surface area contributed by atoms with Gasteiger partial charge in [0.05, 0.1) is 11.3 Å². The fourth-order valence-corrected chi connectivity index (χ4v) is 2.88. The number of carbonyl (C=O) groups excluding carboxylic acids is 3. The highest BCUT2D eigenvalue weighted by molar-refractivity contribution is 9.10. The third-order valence-electron chi connectivity index (χ3n) is 4.00. The third kappa shape index (κ3) is 5.53. The maximum absolute atomic E-state index is 12.5. The number of carbonyl (C=O) groups is 3. The van der Waals surface area contributed by atoms with Crippen LogP contribution >= 0.6 is 27.5 Å². The molecule has 3 aromatic carbocycles. The molecule has 0 fully saturated rings. The Bertz CT molecular complexity index is 1050. The second kappa shape index (κ2) is 9.49. The summed E-state index contributed by atoms with van der Waals surface area (Å²) in [7, 11) is 0. The molecule has 7 heteroatoms. The summed E-state index contributed by atoms with van der Waals surface area (Å²) in [5.41, 5.74) is 1.26. The number of rotatable bonds is 6. The maximum atomic E-state index is 12.5. The molecule has 1 amide bonds. The van der Waals surface area contributed by atoms with Gasteiger partial charge in [-0.25, -0.2) is 4.79 Å². The first-order valence-corrected chi connectivity index (χ1v) is 9.73. The molecule has 0 saturated heterocycles. The van der Waals surface area contributed by atoms with Crippen molar-refractivity contribution in [1.82, 2.24) is 0 Å². The summed E-state index contributed by atoms with van der Waals surface area (Å²) in [5.74, 6) is -1.43. The van der Waals surface area contributed by atoms with Crippen LogP contribution in [-0.2, 0) is 4.74 Å². The summed E-state index contributed by atoms with van der Waals surface area (Å²) in [4.78, 5) is 37.1. The highest BCUT2D eigenvalue weighted by Crippen LogP contribution is 2.19. The fourth-order valence-electron chi connectivity index (χ4n) is 2.49. The molecule has 0 unspecified atom stereocenters. The smallest absolute Gasteiger partial charge is 0.340 e. The number of amides is 1. The van der Waals surface area contributed by atoms with E-state index in [0.717, 1.165) is 4.47 Å². The average molecular weight is 473 g/mol. The quantitative estimate of drug-likeness (QED) is 0.385. The Morgan fingerprint density at radius 1 is 0.862 bits per heavy atom. The van der Waals surface area contributed by atoms with Gasteiger partial charge in [-0.2, -0.15) is 0 Å². The van der Waals surface area contributed by atoms with Gasteiger partial charge < -0.3 is 10.1 Å². The van der Waals surface area contributed by atoms with Crippen LogP contribution in [0.1, 0.15) is 31.1 Å². The Balaban J connectivity index is 1.68. The van der Waals surface area contributed by atoms with E-state index in [-0.39, 0.29) is 17.0 Å². The van der Waals surface area contributed by atoms with Crippen molar-refractivity contribution in [2.75, 3.05) is 11.9 Å². The van der Waals surface area contributed by atoms with Crippen molar-refractivity contribution >= 4 is 50.9 Å². The maximum Gasteiger partial charge on any atom is 0.340 e. The van der Waals surface area contributed by atoms with Crippen LogP contribution in [0.25, 0.3) is 0 Å². The number of esters is 1. The average Bonchev–Trinajstić information content (AvgIpc) is 2.73. The van der Waals surface area contributed by atoms with E-state index in [1.54, 1.807) is 66.7 Å². The number of halogens is 2. The zero-order chi connectivity index (χ0) is 20.8. The van der Waals surface area contributed by atoms with Crippen LogP contribution in [0.15, 0.2) is 77.3 Å². The number of para-hydroxylation sites is 1. The van der Waals surface area contributed by atoms with Crippen LogP contribution in [0.5, 0.6) is 0 Å². The van der Waals surface area contributed by atoms with Gasteiger partial charge in [-0.3, -0.25) is 9.59 Å². The molecule has 0 radical (unpaired) electrons. The van der Waals surface area contributed by atoms with Crippen molar-refractivity contribution in [2.24, 2.45) is 0 Å². The highest BCUT2D eigenvalue weighted by atomic mass is 79.9. The molecule has 5 nitrogen and oxygen atoms in total. The molecule has 29 heavy (non-hydrogen) atoms. The Morgan fingerprint density at radius 3 is 2.17 bits per heavy atom. The van der Waals surface area contributed by atoms with Crippen molar-refractivity contribution in [1.29, 1.82) is 0 Å². The first-order chi connectivity index (χ1) is 13.9. The lowest BCUT2D eigenvalue weighted by Crippen LogP contribution is -2.18. The minimum Gasteiger partial charge on any atom is -0.454 e. The summed E-state index contributed by atoms with van der Waals surface area (Å²) < 4.78 is 5.99. The van der Waals surface area contributed by atoms with Crippen LogP contribution in [-0.4, -0.2) is 24.3 Å². The van der Waals surface area contributed by atoms with E-state index >= 15 is 0 Å². The number of anilines is 1. The zero-order valence-corrected chi connectivity index (χ0v) is 17.4. The molecule has 0 aromatic heterocycles. The molecular formula is C22H15BrClNO4. The second-order valence-electron chi connectivity index (χ2n) is 6.01. The van der Waals surface area contributed by atoms with E-state index in [1.165, 1.54) is 6.07 Å². The normalized spacial score (nSPS) is 10.3. The van der Waals surface area contributed by atoms with Gasteiger partial charge in [0.2, 0.25) is 0 Å². The van der Waals surface area contributed by atoms with Crippen molar-refractivity contribution in [2.45, 2.75) is 0 Å². The molecule has 0 atom stereocenters. The number of ketones is 1. The molecule has 3 aromatic rings. The number of hydrogen-bond donors (Lipinski definition) is 1. The lowest BCUT2D eigenvalue weighted by molar-refractivity contribution is 0.0475. The lowest BCUT2D eigenvalue weighted by atomic mass is 10.1. The van der Waals surface area contributed by atoms with Crippen LogP contribution in [0.4, 0.5) is 5.69 Å². The highest BCUT2D eigenvalue weighted by Gasteiger charge is 2.17. The molecule has 146 valence electrons. The predicted octanol–water partition coefficient (Wildman–Crippen LogP) is 5.39. The van der Waals surface area contributed by atoms with E-state index in [1.807, 2.05) is 0 Å². The summed E-state index contributed by atoms with van der Waals surface area (Å²) >= 11 is 9.13. The summed E-state index contributed by atoms with van der Waals surface area (Å²) in [5, 5.41) is 3.19. The molecule has 3 rings (SSSR count). The molecule has 0 aliphatic carbocycles. The van der Waals surface area contributed by atoms with Crippen molar-refractivity contribution < 1.29 is 19.1 Å². The minimum absolute atomic E-state index is 0.151. The number of ether oxygens (including phenoxy) is 1. The van der Waals surface area contributed by atoms with E-state index in [9.17, 15) is 14.4 Å². The molecule has 1 N–H and O–H groups in total. The number of nitrogens with one attached hydrogen (secondary N) is 1. The van der Waals surface area contributed by atoms with Gasteiger partial charge in [-0.05, 0) is 48.5 Å². The molecule has 0 heterocycles. The number of benzene rings is 3. The van der Waals surface area contributed by atoms with E-state index in [0.29, 0.717) is 16.1 Å². The van der Waals surface area contributed by atoms with Crippen molar-refractivity contribution in [3.8, 4) is 0 Å². The zero-order valence-electron chi connectivity index (χ0n) is 15.0. The van der Waals surface area contributed by atoms with Crippen LogP contribution in [0, 0.1) is 0 Å².